The molecule has 0 atom stereocenters. The third-order valence-electron chi connectivity index (χ3n) is 6.18. The number of benzene rings is 3. The molecule has 4 nitrogen and oxygen atoms in total. The van der Waals surface area contributed by atoms with E-state index in [1.54, 1.807) is 12.1 Å². The second kappa shape index (κ2) is 7.66. The zero-order valence-corrected chi connectivity index (χ0v) is 18.9. The first-order chi connectivity index (χ1) is 17.2. The van der Waals surface area contributed by atoms with Crippen LogP contribution in [0.3, 0.4) is 0 Å². The van der Waals surface area contributed by atoms with Gasteiger partial charge < -0.3 is 4.57 Å². The van der Waals surface area contributed by atoms with E-state index < -0.39 is 52.0 Å². The highest BCUT2D eigenvalue weighted by atomic mass is 32.1. The van der Waals surface area contributed by atoms with Crippen molar-refractivity contribution in [3.63, 3.8) is 0 Å². The quantitative estimate of drug-likeness (QED) is 0.0883. The molecule has 0 amide bonds. The summed E-state index contributed by atoms with van der Waals surface area (Å²) in [7, 11) is 1.36. The smallest absolute Gasteiger partial charge is 0.200 e. The van der Waals surface area contributed by atoms with Gasteiger partial charge >= 0.3 is 0 Å². The molecule has 10 heteroatoms. The molecule has 3 aromatic carbocycles. The number of rotatable bonds is 2. The summed E-state index contributed by atoms with van der Waals surface area (Å²) in [5.41, 5.74) is -0.241. The Morgan fingerprint density at radius 2 is 1.33 bits per heavy atom. The van der Waals surface area contributed by atoms with Crippen LogP contribution < -0.4 is 0 Å². The fraction of sp³-hybridized carbons (Fsp3) is 0.0385. The Hall–Kier alpha value is -4.18. The molecule has 0 saturated carbocycles. The topological polar surface area (TPSA) is 52.0 Å². The molecule has 178 valence electrons. The second-order valence-electron chi connectivity index (χ2n) is 8.24. The maximum Gasteiger partial charge on any atom is 0.200 e. The van der Waals surface area contributed by atoms with Gasteiger partial charge in [-0.2, -0.15) is 0 Å². The molecular weight excluding hydrogens is 499 g/mol. The number of ketones is 2. The van der Waals surface area contributed by atoms with Gasteiger partial charge in [0.15, 0.2) is 34.8 Å². The zero-order valence-electron chi connectivity index (χ0n) is 18.1. The first-order valence-electron chi connectivity index (χ1n) is 10.5. The largest absolute Gasteiger partial charge is 0.326 e. The van der Waals surface area contributed by atoms with Crippen LogP contribution in [0.5, 0.6) is 0 Å². The van der Waals surface area contributed by atoms with Crippen LogP contribution >= 0.6 is 11.3 Å². The SMILES string of the molecule is Cn1c(-c2c(F)c(F)c(F)c(F)c2F)nc2sc(C=C3C(=O)c4cc5ccccc5cc4C3=O)cc21. The fourth-order valence-electron chi connectivity index (χ4n) is 4.37. The predicted molar refractivity (Wildman–Crippen MR) is 124 cm³/mol. The Kier molecular flexibility index (Phi) is 4.74. The summed E-state index contributed by atoms with van der Waals surface area (Å²) in [5, 5.41) is 1.65. The molecular formula is C26H11F5N2O2S. The maximum absolute atomic E-state index is 14.3. The number of aryl methyl sites for hydroxylation is 1. The Morgan fingerprint density at radius 1 is 0.806 bits per heavy atom. The van der Waals surface area contributed by atoms with Crippen LogP contribution in [0.4, 0.5) is 22.0 Å². The van der Waals surface area contributed by atoms with E-state index in [1.165, 1.54) is 23.8 Å². The highest BCUT2D eigenvalue weighted by molar-refractivity contribution is 7.19. The average Bonchev–Trinajstić information content (AvgIpc) is 3.48. The van der Waals surface area contributed by atoms with Gasteiger partial charge in [0.2, 0.25) is 5.82 Å². The Labute approximate surface area is 202 Å². The minimum absolute atomic E-state index is 0.0353. The zero-order chi connectivity index (χ0) is 25.5. The van der Waals surface area contributed by atoms with Gasteiger partial charge in [0.25, 0.3) is 0 Å². The van der Waals surface area contributed by atoms with Gasteiger partial charge in [-0.1, -0.05) is 24.3 Å². The van der Waals surface area contributed by atoms with E-state index in [2.05, 4.69) is 4.98 Å². The number of allylic oxidation sites excluding steroid dienone is 1. The number of Topliss-reactive ketones (excluding diaryl/α,β-unsaturated/α-hetero) is 2. The number of carbonyl (C=O) groups excluding carboxylic acids is 2. The molecule has 0 bridgehead atoms. The Balaban J connectivity index is 1.43. The molecule has 0 aliphatic heterocycles. The molecule has 5 aromatic rings. The first-order valence-corrected chi connectivity index (χ1v) is 11.3. The summed E-state index contributed by atoms with van der Waals surface area (Å²) in [5.74, 6) is -11.6. The number of thiophene rings is 1. The molecule has 6 rings (SSSR count). The van der Waals surface area contributed by atoms with Crippen LogP contribution in [0.25, 0.3) is 38.6 Å². The van der Waals surface area contributed by atoms with Gasteiger partial charge in [-0.05, 0) is 35.0 Å². The van der Waals surface area contributed by atoms with Crippen molar-refractivity contribution < 1.29 is 31.5 Å². The monoisotopic (exact) mass is 510 g/mol. The molecule has 1 aliphatic rings. The van der Waals surface area contributed by atoms with Crippen LogP contribution in [-0.2, 0) is 7.05 Å². The number of hydrogen-bond donors (Lipinski definition) is 0. The van der Waals surface area contributed by atoms with Gasteiger partial charge in [-0.25, -0.2) is 26.9 Å². The van der Waals surface area contributed by atoms with E-state index in [0.29, 0.717) is 21.5 Å². The van der Waals surface area contributed by atoms with Crippen LogP contribution in [0.2, 0.25) is 0 Å². The normalized spacial score (nSPS) is 13.3. The van der Waals surface area contributed by atoms with Crippen LogP contribution in [0.1, 0.15) is 25.6 Å². The van der Waals surface area contributed by atoms with Crippen molar-refractivity contribution in [1.82, 2.24) is 9.55 Å². The number of carbonyl (C=O) groups is 2. The number of halogens is 5. The number of imidazole rings is 1. The number of aromatic nitrogens is 2. The van der Waals surface area contributed by atoms with E-state index in [0.717, 1.165) is 22.1 Å². The van der Waals surface area contributed by atoms with E-state index in [1.807, 2.05) is 24.3 Å². The molecule has 0 unspecified atom stereocenters. The lowest BCUT2D eigenvalue weighted by atomic mass is 10.0. The third-order valence-corrected chi connectivity index (χ3v) is 7.15. The molecule has 0 spiro atoms. The molecule has 2 heterocycles. The van der Waals surface area contributed by atoms with Gasteiger partial charge in [-0.15, -0.1) is 11.3 Å². The standard InChI is InChI=1S/C26H11F5N2O2S/c1-33-16-9-12(36-26(16)32-25(33)17-18(27)20(29)22(31)21(30)19(17)28)8-15-23(34)13-6-10-4-2-3-5-11(10)7-14(13)24(15)35/h2-9H,1H3. The van der Waals surface area contributed by atoms with Crippen molar-refractivity contribution in [1.29, 1.82) is 0 Å². The summed E-state index contributed by atoms with van der Waals surface area (Å²) in [6, 6.07) is 12.2. The Morgan fingerprint density at radius 3 is 1.86 bits per heavy atom. The van der Waals surface area contributed by atoms with Crippen LogP contribution in [0.15, 0.2) is 48.0 Å². The van der Waals surface area contributed by atoms with Crippen LogP contribution in [-0.4, -0.2) is 21.1 Å². The summed E-state index contributed by atoms with van der Waals surface area (Å²) in [6.45, 7) is 0. The minimum Gasteiger partial charge on any atom is -0.326 e. The number of fused-ring (bicyclic) bond motifs is 3. The van der Waals surface area contributed by atoms with Crippen molar-refractivity contribution in [3.05, 3.63) is 93.1 Å². The summed E-state index contributed by atoms with van der Waals surface area (Å²) in [6.07, 6.45) is 1.42. The lowest BCUT2D eigenvalue weighted by Gasteiger charge is -2.08. The molecule has 0 radical (unpaired) electrons. The third kappa shape index (κ3) is 3.00. The van der Waals surface area contributed by atoms with Crippen LogP contribution in [0, 0.1) is 29.1 Å². The molecule has 0 N–H and O–H groups in total. The second-order valence-corrected chi connectivity index (χ2v) is 9.30. The summed E-state index contributed by atoms with van der Waals surface area (Å²) in [4.78, 5) is 30.7. The van der Waals surface area contributed by atoms with Gasteiger partial charge in [-0.3, -0.25) is 9.59 Å². The van der Waals surface area contributed by atoms with Crippen molar-refractivity contribution in [3.8, 4) is 11.4 Å². The summed E-state index contributed by atoms with van der Waals surface area (Å²) >= 11 is 1.00. The van der Waals surface area contributed by atoms with Gasteiger partial charge in [0, 0.05) is 23.1 Å². The van der Waals surface area contributed by atoms with E-state index >= 15 is 0 Å². The van der Waals surface area contributed by atoms with Crippen molar-refractivity contribution in [2.24, 2.45) is 7.05 Å². The van der Waals surface area contributed by atoms with Gasteiger partial charge in [0.1, 0.15) is 10.7 Å². The lowest BCUT2D eigenvalue weighted by molar-refractivity contribution is 0.0990. The van der Waals surface area contributed by atoms with E-state index in [-0.39, 0.29) is 10.4 Å². The molecule has 2 aromatic heterocycles. The van der Waals surface area contributed by atoms with Crippen molar-refractivity contribution in [2.75, 3.05) is 0 Å². The molecule has 1 aliphatic carbocycles. The molecule has 0 fully saturated rings. The molecule has 36 heavy (non-hydrogen) atoms. The fourth-order valence-corrected chi connectivity index (χ4v) is 5.38. The van der Waals surface area contributed by atoms with E-state index in [4.69, 9.17) is 0 Å². The van der Waals surface area contributed by atoms with E-state index in [9.17, 15) is 31.5 Å². The minimum atomic E-state index is -2.25. The Bertz CT molecular complexity index is 1770. The first kappa shape index (κ1) is 22.3. The highest BCUT2D eigenvalue weighted by Gasteiger charge is 2.34. The lowest BCUT2D eigenvalue weighted by Crippen LogP contribution is -2.06. The number of nitrogens with zero attached hydrogens (tertiary/aromatic N) is 2. The summed E-state index contributed by atoms with van der Waals surface area (Å²) < 4.78 is 70.7. The molecule has 0 saturated heterocycles. The predicted octanol–water partition coefficient (Wildman–Crippen LogP) is 6.61. The highest BCUT2D eigenvalue weighted by Crippen LogP contribution is 2.37. The maximum atomic E-state index is 14.3. The number of hydrogen-bond acceptors (Lipinski definition) is 4. The van der Waals surface area contributed by atoms with Crippen molar-refractivity contribution in [2.45, 2.75) is 0 Å². The average molecular weight is 510 g/mol. The van der Waals surface area contributed by atoms with Gasteiger partial charge in [0.05, 0.1) is 16.7 Å². The van der Waals surface area contributed by atoms with Crippen molar-refractivity contribution >= 4 is 50.1 Å².